The minimum Gasteiger partial charge on any atom is -0.383 e. The number of carbonyl (C=O) groups excluding carboxylic acids is 2. The Labute approximate surface area is 141 Å². The Bertz CT molecular complexity index is 657. The van der Waals surface area contributed by atoms with Crippen LogP contribution in [0.5, 0.6) is 0 Å². The van der Waals surface area contributed by atoms with Gasteiger partial charge in [0.05, 0.1) is 13.0 Å². The summed E-state index contributed by atoms with van der Waals surface area (Å²) in [6, 6.07) is 16.0. The average Bonchev–Trinajstić information content (AvgIpc) is 2.58. The van der Waals surface area contributed by atoms with Gasteiger partial charge in [0.25, 0.3) is 0 Å². The molecule has 0 saturated carbocycles. The van der Waals surface area contributed by atoms with E-state index in [9.17, 15) is 9.59 Å². The molecule has 0 bridgehead atoms. The van der Waals surface area contributed by atoms with Gasteiger partial charge in [-0.15, -0.1) is 0 Å². The Hall–Kier alpha value is -2.86. The van der Waals surface area contributed by atoms with E-state index in [-0.39, 0.29) is 11.9 Å². The fraction of sp³-hybridized carbons (Fsp3) is 0.222. The van der Waals surface area contributed by atoms with Gasteiger partial charge in [0.1, 0.15) is 0 Å². The van der Waals surface area contributed by atoms with Gasteiger partial charge in [-0.1, -0.05) is 30.3 Å². The van der Waals surface area contributed by atoms with Crippen LogP contribution in [0.2, 0.25) is 0 Å². The highest BCUT2D eigenvalue weighted by Gasteiger charge is 2.05. The largest absolute Gasteiger partial charge is 0.383 e. The normalized spacial score (nSPS) is 10.0. The lowest BCUT2D eigenvalue weighted by atomic mass is 10.1. The minimum atomic E-state index is -0.314. The molecule has 24 heavy (non-hydrogen) atoms. The van der Waals surface area contributed by atoms with Crippen molar-refractivity contribution in [2.75, 3.05) is 30.9 Å². The number of anilines is 2. The molecular weight excluding hydrogens is 306 g/mol. The van der Waals surface area contributed by atoms with Gasteiger partial charge in [-0.25, -0.2) is 4.79 Å². The van der Waals surface area contributed by atoms with E-state index in [2.05, 4.69) is 16.0 Å². The second kappa shape index (κ2) is 9.32. The third-order valence-corrected chi connectivity index (χ3v) is 3.24. The standard InChI is InChI=1S/C18H21N3O3/c1-24-12-11-19-17(22)13-14-7-9-16(10-8-14)21-18(23)20-15-5-3-2-4-6-15/h2-10H,11-13H2,1H3,(H,19,22)(H2,20,21,23). The minimum absolute atomic E-state index is 0.0606. The fourth-order valence-corrected chi connectivity index (χ4v) is 2.06. The molecule has 0 saturated heterocycles. The Morgan fingerprint density at radius 1 is 0.917 bits per heavy atom. The molecule has 0 fully saturated rings. The van der Waals surface area contributed by atoms with Crippen molar-refractivity contribution in [2.24, 2.45) is 0 Å². The molecule has 0 unspecified atom stereocenters. The molecule has 0 aromatic heterocycles. The molecule has 3 amide bonds. The monoisotopic (exact) mass is 327 g/mol. The summed E-state index contributed by atoms with van der Waals surface area (Å²) in [5.74, 6) is -0.0606. The molecule has 0 atom stereocenters. The van der Waals surface area contributed by atoms with Gasteiger partial charge in [-0.2, -0.15) is 0 Å². The molecule has 6 heteroatoms. The zero-order chi connectivity index (χ0) is 17.2. The van der Waals surface area contributed by atoms with Crippen molar-refractivity contribution in [3.63, 3.8) is 0 Å². The van der Waals surface area contributed by atoms with Crippen LogP contribution >= 0.6 is 0 Å². The number of rotatable bonds is 7. The summed E-state index contributed by atoms with van der Waals surface area (Å²) in [4.78, 5) is 23.6. The second-order valence-corrected chi connectivity index (χ2v) is 5.16. The molecule has 2 rings (SSSR count). The summed E-state index contributed by atoms with van der Waals surface area (Å²) >= 11 is 0. The topological polar surface area (TPSA) is 79.5 Å². The molecule has 0 spiro atoms. The van der Waals surface area contributed by atoms with Crippen LogP contribution in [0.1, 0.15) is 5.56 Å². The number of ether oxygens (including phenoxy) is 1. The van der Waals surface area contributed by atoms with Gasteiger partial charge in [0.2, 0.25) is 5.91 Å². The number of nitrogens with one attached hydrogen (secondary N) is 3. The molecule has 0 radical (unpaired) electrons. The summed E-state index contributed by atoms with van der Waals surface area (Å²) in [5.41, 5.74) is 2.25. The second-order valence-electron chi connectivity index (χ2n) is 5.16. The highest BCUT2D eigenvalue weighted by Crippen LogP contribution is 2.11. The Morgan fingerprint density at radius 3 is 2.17 bits per heavy atom. The molecule has 0 aliphatic rings. The maximum absolute atomic E-state index is 11.9. The van der Waals surface area contributed by atoms with Crippen molar-refractivity contribution in [3.8, 4) is 0 Å². The van der Waals surface area contributed by atoms with Crippen molar-refractivity contribution in [1.82, 2.24) is 5.32 Å². The highest BCUT2D eigenvalue weighted by atomic mass is 16.5. The van der Waals surface area contributed by atoms with Gasteiger partial charge >= 0.3 is 6.03 Å². The molecular formula is C18H21N3O3. The highest BCUT2D eigenvalue weighted by molar-refractivity contribution is 5.99. The van der Waals surface area contributed by atoms with Crippen molar-refractivity contribution >= 4 is 23.3 Å². The number of carbonyl (C=O) groups is 2. The third-order valence-electron chi connectivity index (χ3n) is 3.24. The molecule has 6 nitrogen and oxygen atoms in total. The number of methoxy groups -OCH3 is 1. The van der Waals surface area contributed by atoms with E-state index in [4.69, 9.17) is 4.74 Å². The molecule has 3 N–H and O–H groups in total. The first-order valence-corrected chi connectivity index (χ1v) is 7.65. The van der Waals surface area contributed by atoms with Crippen molar-refractivity contribution in [3.05, 3.63) is 60.2 Å². The first-order valence-electron chi connectivity index (χ1n) is 7.65. The molecule has 126 valence electrons. The van der Waals surface area contributed by atoms with Gasteiger partial charge in [-0.3, -0.25) is 4.79 Å². The fourth-order valence-electron chi connectivity index (χ4n) is 2.06. The van der Waals surface area contributed by atoms with Gasteiger partial charge < -0.3 is 20.7 Å². The van der Waals surface area contributed by atoms with Gasteiger partial charge in [0, 0.05) is 25.0 Å². The van der Waals surface area contributed by atoms with Crippen LogP contribution in [0.15, 0.2) is 54.6 Å². The lowest BCUT2D eigenvalue weighted by molar-refractivity contribution is -0.120. The molecule has 2 aromatic carbocycles. The van der Waals surface area contributed by atoms with Crippen molar-refractivity contribution < 1.29 is 14.3 Å². The number of benzene rings is 2. The number of hydrogen-bond acceptors (Lipinski definition) is 3. The summed E-state index contributed by atoms with van der Waals surface area (Å²) in [6.07, 6.45) is 0.292. The van der Waals surface area contributed by atoms with Crippen LogP contribution in [-0.2, 0) is 16.0 Å². The first-order chi connectivity index (χ1) is 11.7. The summed E-state index contributed by atoms with van der Waals surface area (Å²) in [7, 11) is 1.59. The maximum Gasteiger partial charge on any atom is 0.323 e. The number of urea groups is 1. The maximum atomic E-state index is 11.9. The average molecular weight is 327 g/mol. The Morgan fingerprint density at radius 2 is 1.54 bits per heavy atom. The van der Waals surface area contributed by atoms with E-state index in [1.54, 1.807) is 19.2 Å². The molecule has 0 aliphatic heterocycles. The van der Waals surface area contributed by atoms with Crippen LogP contribution in [0, 0.1) is 0 Å². The van der Waals surface area contributed by atoms with Crippen molar-refractivity contribution in [1.29, 1.82) is 0 Å². The lowest BCUT2D eigenvalue weighted by Gasteiger charge is -2.08. The predicted molar refractivity (Wildman–Crippen MR) is 94.1 cm³/mol. The summed E-state index contributed by atoms with van der Waals surface area (Å²) < 4.78 is 4.88. The van der Waals surface area contributed by atoms with E-state index in [1.165, 1.54) is 0 Å². The number of amides is 3. The van der Waals surface area contributed by atoms with Crippen LogP contribution < -0.4 is 16.0 Å². The van der Waals surface area contributed by atoms with Crippen LogP contribution in [-0.4, -0.2) is 32.2 Å². The molecule has 2 aromatic rings. The molecule has 0 aliphatic carbocycles. The number of hydrogen-bond donors (Lipinski definition) is 3. The van der Waals surface area contributed by atoms with Gasteiger partial charge in [-0.05, 0) is 29.8 Å². The quantitative estimate of drug-likeness (QED) is 0.684. The van der Waals surface area contributed by atoms with E-state index in [1.807, 2.05) is 42.5 Å². The predicted octanol–water partition coefficient (Wildman–Crippen LogP) is 2.64. The molecule has 0 heterocycles. The van der Waals surface area contributed by atoms with Crippen LogP contribution in [0.4, 0.5) is 16.2 Å². The van der Waals surface area contributed by atoms with E-state index in [0.717, 1.165) is 11.3 Å². The van der Waals surface area contributed by atoms with Crippen LogP contribution in [0.3, 0.4) is 0 Å². The van der Waals surface area contributed by atoms with E-state index >= 15 is 0 Å². The Balaban J connectivity index is 1.81. The van der Waals surface area contributed by atoms with Crippen LogP contribution in [0.25, 0.3) is 0 Å². The Kier molecular flexibility index (Phi) is 6.79. The van der Waals surface area contributed by atoms with Crippen molar-refractivity contribution in [2.45, 2.75) is 6.42 Å². The zero-order valence-electron chi connectivity index (χ0n) is 13.5. The SMILES string of the molecule is COCCNC(=O)Cc1ccc(NC(=O)Nc2ccccc2)cc1. The van der Waals surface area contributed by atoms with Gasteiger partial charge in [0.15, 0.2) is 0 Å². The summed E-state index contributed by atoms with van der Waals surface area (Å²) in [6.45, 7) is 0.986. The summed E-state index contributed by atoms with van der Waals surface area (Å²) in [5, 5.41) is 8.25. The zero-order valence-corrected chi connectivity index (χ0v) is 13.5. The third kappa shape index (κ3) is 6.10. The lowest BCUT2D eigenvalue weighted by Crippen LogP contribution is -2.28. The first kappa shape index (κ1) is 17.5. The van der Waals surface area contributed by atoms with E-state index < -0.39 is 0 Å². The smallest absolute Gasteiger partial charge is 0.323 e. The number of para-hydroxylation sites is 1. The van der Waals surface area contributed by atoms with E-state index in [0.29, 0.717) is 25.3 Å².